The van der Waals surface area contributed by atoms with Gasteiger partial charge in [0.25, 0.3) is 0 Å². The number of aliphatic carboxylic acids is 1. The number of carbonyl (C=O) groups is 4. The van der Waals surface area contributed by atoms with E-state index in [9.17, 15) is 19.2 Å². The van der Waals surface area contributed by atoms with E-state index in [0.29, 0.717) is 6.42 Å². The van der Waals surface area contributed by atoms with Crippen LogP contribution in [0.25, 0.3) is 0 Å². The second-order valence-corrected chi connectivity index (χ2v) is 5.06. The highest BCUT2D eigenvalue weighted by Crippen LogP contribution is 2.08. The van der Waals surface area contributed by atoms with Gasteiger partial charge in [0.05, 0.1) is 0 Å². The highest BCUT2D eigenvalue weighted by atomic mass is 32.2. The number of nitrogens with one attached hydrogen (secondary N) is 2. The zero-order chi connectivity index (χ0) is 13.7. The molecule has 0 aromatic heterocycles. The predicted octanol–water partition coefficient (Wildman–Crippen LogP) is -0.886. The van der Waals surface area contributed by atoms with Crippen molar-refractivity contribution in [3.8, 4) is 0 Å². The molecule has 0 aliphatic carbocycles. The van der Waals surface area contributed by atoms with E-state index in [1.165, 1.54) is 6.92 Å². The molecule has 0 aromatic carbocycles. The first-order valence-electron chi connectivity index (χ1n) is 5.36. The van der Waals surface area contributed by atoms with E-state index < -0.39 is 24.0 Å². The fourth-order valence-corrected chi connectivity index (χ4v) is 2.09. The normalized spacial score (nSPS) is 20.1. The van der Waals surface area contributed by atoms with Crippen molar-refractivity contribution < 1.29 is 24.3 Å². The van der Waals surface area contributed by atoms with Crippen LogP contribution in [0, 0.1) is 0 Å². The number of thioether (sulfide) groups is 1. The third-order valence-corrected chi connectivity index (χ3v) is 3.29. The molecular formula is C10H14N2O5S. The Morgan fingerprint density at radius 1 is 1.56 bits per heavy atom. The molecule has 1 aliphatic heterocycles. The van der Waals surface area contributed by atoms with Crippen LogP contribution in [0.15, 0.2) is 0 Å². The van der Waals surface area contributed by atoms with Gasteiger partial charge >= 0.3 is 5.97 Å². The van der Waals surface area contributed by atoms with Crippen LogP contribution in [0.1, 0.15) is 19.8 Å². The van der Waals surface area contributed by atoms with Crippen molar-refractivity contribution in [2.45, 2.75) is 31.8 Å². The fourth-order valence-electron chi connectivity index (χ4n) is 1.46. The fraction of sp³-hybridized carbons (Fsp3) is 0.600. The largest absolute Gasteiger partial charge is 0.480 e. The summed E-state index contributed by atoms with van der Waals surface area (Å²) < 4.78 is 0. The summed E-state index contributed by atoms with van der Waals surface area (Å²) in [6, 6.07) is -1.81. The highest BCUT2D eigenvalue weighted by molar-refractivity contribution is 8.13. The smallest absolute Gasteiger partial charge is 0.327 e. The van der Waals surface area contributed by atoms with Crippen LogP contribution in [0.3, 0.4) is 0 Å². The third-order valence-electron chi connectivity index (χ3n) is 2.38. The van der Waals surface area contributed by atoms with Crippen LogP contribution in [0.4, 0.5) is 0 Å². The van der Waals surface area contributed by atoms with Gasteiger partial charge in [-0.1, -0.05) is 11.8 Å². The Morgan fingerprint density at radius 3 is 2.67 bits per heavy atom. The summed E-state index contributed by atoms with van der Waals surface area (Å²) in [5.74, 6) is -1.99. The van der Waals surface area contributed by atoms with Gasteiger partial charge in [-0.25, -0.2) is 4.79 Å². The van der Waals surface area contributed by atoms with Crippen LogP contribution in [0.5, 0.6) is 0 Å². The van der Waals surface area contributed by atoms with Gasteiger partial charge in [-0.2, -0.15) is 0 Å². The summed E-state index contributed by atoms with van der Waals surface area (Å²) in [4.78, 5) is 44.3. The zero-order valence-electron chi connectivity index (χ0n) is 9.76. The van der Waals surface area contributed by atoms with Crippen molar-refractivity contribution in [3.63, 3.8) is 0 Å². The van der Waals surface area contributed by atoms with E-state index in [-0.39, 0.29) is 23.2 Å². The minimum absolute atomic E-state index is 0.0307. The minimum Gasteiger partial charge on any atom is -0.480 e. The quantitative estimate of drug-likeness (QED) is 0.600. The molecule has 0 bridgehead atoms. The first-order chi connectivity index (χ1) is 8.40. The molecule has 1 aliphatic rings. The van der Waals surface area contributed by atoms with Crippen LogP contribution < -0.4 is 10.6 Å². The Morgan fingerprint density at radius 2 is 2.22 bits per heavy atom. The summed E-state index contributed by atoms with van der Waals surface area (Å²) in [6.07, 6.45) is 0.620. The molecule has 0 spiro atoms. The summed E-state index contributed by atoms with van der Waals surface area (Å²) in [5, 5.41) is 13.4. The van der Waals surface area contributed by atoms with Crippen LogP contribution >= 0.6 is 11.8 Å². The molecule has 100 valence electrons. The van der Waals surface area contributed by atoms with Gasteiger partial charge in [0.1, 0.15) is 12.1 Å². The van der Waals surface area contributed by atoms with Crippen molar-refractivity contribution in [2.24, 2.45) is 0 Å². The van der Waals surface area contributed by atoms with Crippen molar-refractivity contribution in [1.29, 1.82) is 0 Å². The SMILES string of the molecule is CC(=O)SC[C@@H](NC(=O)[C@@H]1CCC(=O)N1)C(=O)O. The maximum Gasteiger partial charge on any atom is 0.327 e. The Bertz CT molecular complexity index is 384. The van der Waals surface area contributed by atoms with Gasteiger partial charge in [-0.15, -0.1) is 0 Å². The monoisotopic (exact) mass is 274 g/mol. The lowest BCUT2D eigenvalue weighted by Crippen LogP contribution is -2.49. The molecule has 3 N–H and O–H groups in total. The zero-order valence-corrected chi connectivity index (χ0v) is 10.6. The number of carbonyl (C=O) groups excluding carboxylic acids is 3. The second kappa shape index (κ2) is 6.39. The first kappa shape index (κ1) is 14.5. The van der Waals surface area contributed by atoms with Crippen LogP contribution in [-0.2, 0) is 19.2 Å². The molecule has 0 unspecified atom stereocenters. The van der Waals surface area contributed by atoms with E-state index >= 15 is 0 Å². The van der Waals surface area contributed by atoms with Crippen molar-refractivity contribution in [3.05, 3.63) is 0 Å². The standard InChI is InChI=1S/C10H14N2O5S/c1-5(13)18-4-7(10(16)17)12-9(15)6-2-3-8(14)11-6/h6-7H,2-4H2,1H3,(H,11,14)(H,12,15)(H,16,17)/t6-,7+/m0/s1. The van der Waals surface area contributed by atoms with E-state index in [2.05, 4.69) is 10.6 Å². The molecular weight excluding hydrogens is 260 g/mol. The molecule has 0 aromatic rings. The van der Waals surface area contributed by atoms with Crippen molar-refractivity contribution >= 4 is 34.7 Å². The maximum absolute atomic E-state index is 11.7. The minimum atomic E-state index is -1.21. The lowest BCUT2D eigenvalue weighted by molar-refractivity contribution is -0.141. The molecule has 1 fully saturated rings. The van der Waals surface area contributed by atoms with E-state index in [4.69, 9.17) is 5.11 Å². The summed E-state index contributed by atoms with van der Waals surface area (Å²) in [5.41, 5.74) is 0. The second-order valence-electron chi connectivity index (χ2n) is 3.86. The van der Waals surface area contributed by atoms with Crippen molar-refractivity contribution in [2.75, 3.05) is 5.75 Å². The topological polar surface area (TPSA) is 113 Å². The molecule has 0 saturated carbocycles. The Hall–Kier alpha value is -1.57. The third kappa shape index (κ3) is 4.36. The summed E-state index contributed by atoms with van der Waals surface area (Å²) in [7, 11) is 0. The van der Waals surface area contributed by atoms with Gasteiger partial charge in [-0.3, -0.25) is 14.4 Å². The maximum atomic E-state index is 11.7. The first-order valence-corrected chi connectivity index (χ1v) is 6.34. The Balaban J connectivity index is 2.49. The van der Waals surface area contributed by atoms with Gasteiger partial charge < -0.3 is 15.7 Å². The predicted molar refractivity (Wildman–Crippen MR) is 63.9 cm³/mol. The Kier molecular flexibility index (Phi) is 5.14. The van der Waals surface area contributed by atoms with Crippen LogP contribution in [-0.4, -0.2) is 45.8 Å². The lowest BCUT2D eigenvalue weighted by Gasteiger charge is -2.16. The average molecular weight is 274 g/mol. The molecule has 0 radical (unpaired) electrons. The summed E-state index contributed by atoms with van der Waals surface area (Å²) >= 11 is 0.831. The lowest BCUT2D eigenvalue weighted by atomic mass is 10.2. The Labute approximate surface area is 108 Å². The average Bonchev–Trinajstić information content (AvgIpc) is 2.70. The molecule has 7 nitrogen and oxygen atoms in total. The molecule has 1 saturated heterocycles. The molecule has 2 atom stereocenters. The number of carboxylic acids is 1. The number of carboxylic acid groups (broad SMARTS) is 1. The molecule has 8 heteroatoms. The number of hydrogen-bond acceptors (Lipinski definition) is 5. The molecule has 18 heavy (non-hydrogen) atoms. The van der Waals surface area contributed by atoms with Gasteiger partial charge in [0, 0.05) is 19.1 Å². The van der Waals surface area contributed by atoms with E-state index in [1.54, 1.807) is 0 Å². The molecule has 1 heterocycles. The molecule has 2 amide bonds. The number of amides is 2. The molecule has 1 rings (SSSR count). The van der Waals surface area contributed by atoms with E-state index in [0.717, 1.165) is 11.8 Å². The highest BCUT2D eigenvalue weighted by Gasteiger charge is 2.30. The van der Waals surface area contributed by atoms with Crippen molar-refractivity contribution in [1.82, 2.24) is 10.6 Å². The van der Waals surface area contributed by atoms with Crippen LogP contribution in [0.2, 0.25) is 0 Å². The van der Waals surface area contributed by atoms with Gasteiger partial charge in [0.15, 0.2) is 5.12 Å². The van der Waals surface area contributed by atoms with Gasteiger partial charge in [0.2, 0.25) is 11.8 Å². The van der Waals surface area contributed by atoms with E-state index in [1.807, 2.05) is 0 Å². The number of rotatable bonds is 5. The number of hydrogen-bond donors (Lipinski definition) is 3. The summed E-state index contributed by atoms with van der Waals surface area (Å²) in [6.45, 7) is 1.32. The van der Waals surface area contributed by atoms with Gasteiger partial charge in [-0.05, 0) is 6.42 Å².